The highest BCUT2D eigenvalue weighted by molar-refractivity contribution is 4.77. The summed E-state index contributed by atoms with van der Waals surface area (Å²) < 4.78 is 0. The molecule has 0 saturated heterocycles. The van der Waals surface area contributed by atoms with Gasteiger partial charge in [-0.3, -0.25) is 0 Å². The van der Waals surface area contributed by atoms with Gasteiger partial charge in [-0.25, -0.2) is 0 Å². The molecule has 2 nitrogen and oxygen atoms in total. The normalized spacial score (nSPS) is 16.5. The van der Waals surface area contributed by atoms with Crippen LogP contribution >= 0.6 is 0 Å². The van der Waals surface area contributed by atoms with Gasteiger partial charge in [0.15, 0.2) is 0 Å². The van der Waals surface area contributed by atoms with Crippen molar-refractivity contribution in [3.05, 3.63) is 0 Å². The van der Waals surface area contributed by atoms with E-state index in [0.29, 0.717) is 12.0 Å². The fraction of sp³-hybridized carbons (Fsp3) is 1.00. The van der Waals surface area contributed by atoms with Gasteiger partial charge in [0.05, 0.1) is 0 Å². The van der Waals surface area contributed by atoms with E-state index in [1.54, 1.807) is 0 Å². The van der Waals surface area contributed by atoms with Crippen molar-refractivity contribution in [1.29, 1.82) is 0 Å². The lowest BCUT2D eigenvalue weighted by atomic mass is 9.99. The standard InChI is InChI=1S/C14H32N2/c1-8-10-16(9-2)13(4)12(3)11-15-14(5,6)7/h12-13,15H,8-11H2,1-7H3. The maximum Gasteiger partial charge on any atom is 0.0104 e. The van der Waals surface area contributed by atoms with E-state index < -0.39 is 0 Å². The molecule has 0 fully saturated rings. The highest BCUT2D eigenvalue weighted by atomic mass is 15.1. The van der Waals surface area contributed by atoms with Crippen molar-refractivity contribution in [2.45, 2.75) is 66.5 Å². The molecule has 2 heteroatoms. The maximum absolute atomic E-state index is 3.60. The molecule has 98 valence electrons. The number of nitrogens with zero attached hydrogens (tertiary/aromatic N) is 1. The van der Waals surface area contributed by atoms with Crippen LogP contribution in [0.1, 0.15) is 54.9 Å². The van der Waals surface area contributed by atoms with Crippen LogP contribution in [0.2, 0.25) is 0 Å². The van der Waals surface area contributed by atoms with E-state index in [1.807, 2.05) is 0 Å². The zero-order chi connectivity index (χ0) is 12.8. The molecule has 0 aliphatic rings. The third kappa shape index (κ3) is 6.49. The van der Waals surface area contributed by atoms with Crippen molar-refractivity contribution in [2.75, 3.05) is 19.6 Å². The minimum Gasteiger partial charge on any atom is -0.312 e. The average molecular weight is 228 g/mol. The largest absolute Gasteiger partial charge is 0.312 e. The summed E-state index contributed by atoms with van der Waals surface area (Å²) in [7, 11) is 0. The van der Waals surface area contributed by atoms with Crippen LogP contribution in [0.3, 0.4) is 0 Å². The highest BCUT2D eigenvalue weighted by Crippen LogP contribution is 2.12. The van der Waals surface area contributed by atoms with Crippen LogP contribution in [0.15, 0.2) is 0 Å². The van der Waals surface area contributed by atoms with Gasteiger partial charge in [0.2, 0.25) is 0 Å². The smallest absolute Gasteiger partial charge is 0.0104 e. The second kappa shape index (κ2) is 7.29. The van der Waals surface area contributed by atoms with Gasteiger partial charge >= 0.3 is 0 Å². The van der Waals surface area contributed by atoms with Gasteiger partial charge < -0.3 is 10.2 Å². The Kier molecular flexibility index (Phi) is 7.25. The van der Waals surface area contributed by atoms with Crippen molar-refractivity contribution >= 4 is 0 Å². The minimum atomic E-state index is 0.232. The second-order valence-electron chi connectivity index (χ2n) is 5.98. The van der Waals surface area contributed by atoms with Gasteiger partial charge in [0.1, 0.15) is 0 Å². The van der Waals surface area contributed by atoms with Gasteiger partial charge in [0.25, 0.3) is 0 Å². The van der Waals surface area contributed by atoms with E-state index in [1.165, 1.54) is 13.0 Å². The summed E-state index contributed by atoms with van der Waals surface area (Å²) in [6, 6.07) is 0.666. The minimum absolute atomic E-state index is 0.232. The number of rotatable bonds is 7. The lowest BCUT2D eigenvalue weighted by Gasteiger charge is -2.34. The summed E-state index contributed by atoms with van der Waals surface area (Å²) >= 11 is 0. The summed E-state index contributed by atoms with van der Waals surface area (Å²) in [5, 5.41) is 3.60. The molecule has 0 spiro atoms. The van der Waals surface area contributed by atoms with E-state index in [4.69, 9.17) is 0 Å². The van der Waals surface area contributed by atoms with Crippen LogP contribution < -0.4 is 5.32 Å². The molecule has 0 aromatic carbocycles. The summed E-state index contributed by atoms with van der Waals surface area (Å²) in [6.07, 6.45) is 1.25. The predicted molar refractivity (Wildman–Crippen MR) is 73.9 cm³/mol. The Hall–Kier alpha value is -0.0800. The fourth-order valence-electron chi connectivity index (χ4n) is 1.93. The van der Waals surface area contributed by atoms with Gasteiger partial charge in [-0.1, -0.05) is 20.8 Å². The molecule has 0 rings (SSSR count). The van der Waals surface area contributed by atoms with E-state index >= 15 is 0 Å². The van der Waals surface area contributed by atoms with E-state index in [-0.39, 0.29) is 5.54 Å². The molecule has 2 atom stereocenters. The molecule has 0 saturated carbocycles. The summed E-state index contributed by atoms with van der Waals surface area (Å²) in [5.41, 5.74) is 0.232. The van der Waals surface area contributed by atoms with Crippen LogP contribution in [0, 0.1) is 5.92 Å². The zero-order valence-electron chi connectivity index (χ0n) is 12.4. The molecule has 0 radical (unpaired) electrons. The Morgan fingerprint density at radius 2 is 1.69 bits per heavy atom. The molecule has 0 aromatic heterocycles. The molecular formula is C14H32N2. The van der Waals surface area contributed by atoms with Crippen LogP contribution in [0.25, 0.3) is 0 Å². The molecule has 2 unspecified atom stereocenters. The Morgan fingerprint density at radius 1 is 1.12 bits per heavy atom. The third-order valence-electron chi connectivity index (χ3n) is 3.27. The Balaban J connectivity index is 4.09. The number of hydrogen-bond donors (Lipinski definition) is 1. The highest BCUT2D eigenvalue weighted by Gasteiger charge is 2.19. The fourth-order valence-corrected chi connectivity index (χ4v) is 1.93. The first-order valence-electron chi connectivity index (χ1n) is 6.80. The first-order chi connectivity index (χ1) is 7.31. The Bertz CT molecular complexity index is 172. The van der Waals surface area contributed by atoms with Gasteiger partial charge in [-0.15, -0.1) is 0 Å². The summed E-state index contributed by atoms with van der Waals surface area (Å²) in [4.78, 5) is 2.58. The molecule has 1 N–H and O–H groups in total. The van der Waals surface area contributed by atoms with Crippen LogP contribution in [0.5, 0.6) is 0 Å². The molecular weight excluding hydrogens is 196 g/mol. The average Bonchev–Trinajstić information content (AvgIpc) is 2.20. The molecule has 16 heavy (non-hydrogen) atoms. The molecule has 0 aliphatic heterocycles. The molecule has 0 bridgehead atoms. The van der Waals surface area contributed by atoms with Crippen molar-refractivity contribution in [3.8, 4) is 0 Å². The van der Waals surface area contributed by atoms with Crippen LogP contribution in [-0.2, 0) is 0 Å². The van der Waals surface area contributed by atoms with Crippen LogP contribution in [-0.4, -0.2) is 36.1 Å². The van der Waals surface area contributed by atoms with Crippen molar-refractivity contribution in [2.24, 2.45) is 5.92 Å². The Labute approximate surface area is 103 Å². The lowest BCUT2D eigenvalue weighted by molar-refractivity contribution is 0.162. The first kappa shape index (κ1) is 15.9. The van der Waals surface area contributed by atoms with Gasteiger partial charge in [-0.05, 0) is 59.7 Å². The second-order valence-corrected chi connectivity index (χ2v) is 5.98. The number of hydrogen-bond acceptors (Lipinski definition) is 2. The third-order valence-corrected chi connectivity index (χ3v) is 3.27. The SMILES string of the molecule is CCCN(CC)C(C)C(C)CNC(C)(C)C. The quantitative estimate of drug-likeness (QED) is 0.720. The van der Waals surface area contributed by atoms with Crippen molar-refractivity contribution < 1.29 is 0 Å². The zero-order valence-corrected chi connectivity index (χ0v) is 12.4. The molecule has 0 aromatic rings. The Morgan fingerprint density at radius 3 is 2.06 bits per heavy atom. The van der Waals surface area contributed by atoms with E-state index in [9.17, 15) is 0 Å². The first-order valence-corrected chi connectivity index (χ1v) is 6.80. The predicted octanol–water partition coefficient (Wildman–Crippen LogP) is 3.13. The topological polar surface area (TPSA) is 15.3 Å². The van der Waals surface area contributed by atoms with Gasteiger partial charge in [-0.2, -0.15) is 0 Å². The van der Waals surface area contributed by atoms with Crippen molar-refractivity contribution in [3.63, 3.8) is 0 Å². The van der Waals surface area contributed by atoms with E-state index in [0.717, 1.165) is 13.1 Å². The summed E-state index contributed by atoms with van der Waals surface area (Å²) in [6.45, 7) is 19.4. The summed E-state index contributed by atoms with van der Waals surface area (Å²) in [5.74, 6) is 0.700. The maximum atomic E-state index is 3.60. The molecule has 0 heterocycles. The van der Waals surface area contributed by atoms with Crippen LogP contribution in [0.4, 0.5) is 0 Å². The number of nitrogens with one attached hydrogen (secondary N) is 1. The lowest BCUT2D eigenvalue weighted by Crippen LogP contribution is -2.45. The molecule has 0 amide bonds. The van der Waals surface area contributed by atoms with E-state index in [2.05, 4.69) is 58.7 Å². The molecule has 0 aliphatic carbocycles. The monoisotopic (exact) mass is 228 g/mol. The van der Waals surface area contributed by atoms with Crippen molar-refractivity contribution in [1.82, 2.24) is 10.2 Å². The van der Waals surface area contributed by atoms with Gasteiger partial charge in [0, 0.05) is 11.6 Å².